The molecule has 0 bridgehead atoms. The Labute approximate surface area is 191 Å². The van der Waals surface area contributed by atoms with E-state index in [1.165, 1.54) is 42.6 Å². The van der Waals surface area contributed by atoms with E-state index in [0.29, 0.717) is 29.4 Å². The van der Waals surface area contributed by atoms with E-state index < -0.39 is 5.82 Å². The van der Waals surface area contributed by atoms with E-state index in [-0.39, 0.29) is 17.0 Å². The van der Waals surface area contributed by atoms with Crippen LogP contribution in [0.4, 0.5) is 26.0 Å². The zero-order valence-electron chi connectivity index (χ0n) is 18.3. The highest BCUT2D eigenvalue weighted by Gasteiger charge is 2.36. The Morgan fingerprint density at radius 2 is 1.70 bits per heavy atom. The highest BCUT2D eigenvalue weighted by atomic mass is 19.1. The molecule has 7 nitrogen and oxygen atoms in total. The minimum atomic E-state index is -0.438. The van der Waals surface area contributed by atoms with E-state index in [0.717, 1.165) is 19.1 Å². The molecular formula is C24H26F2N4O3. The summed E-state index contributed by atoms with van der Waals surface area (Å²) < 4.78 is 31.2. The predicted molar refractivity (Wildman–Crippen MR) is 124 cm³/mol. The Hall–Kier alpha value is -4.01. The number of nitrogen functional groups attached to an aromatic ring is 1. The van der Waals surface area contributed by atoms with Crippen LogP contribution < -0.4 is 21.1 Å². The van der Waals surface area contributed by atoms with Gasteiger partial charge in [-0.1, -0.05) is 6.92 Å². The van der Waals surface area contributed by atoms with Gasteiger partial charge in [0.05, 0.1) is 0 Å². The second kappa shape index (κ2) is 12.1. The van der Waals surface area contributed by atoms with Gasteiger partial charge in [0.2, 0.25) is 6.41 Å². The van der Waals surface area contributed by atoms with Gasteiger partial charge in [0.1, 0.15) is 23.7 Å². The maximum Gasteiger partial charge on any atom is 0.211 e. The van der Waals surface area contributed by atoms with Crippen LogP contribution in [0.25, 0.3) is 0 Å². The van der Waals surface area contributed by atoms with Gasteiger partial charge in [0.25, 0.3) is 0 Å². The number of hydrogen-bond donors (Lipinski definition) is 3. The van der Waals surface area contributed by atoms with Crippen molar-refractivity contribution in [2.24, 2.45) is 5.41 Å². The Bertz CT molecular complexity index is 1060. The lowest BCUT2D eigenvalue weighted by molar-refractivity contribution is -0.111. The zero-order valence-corrected chi connectivity index (χ0v) is 18.3. The van der Waals surface area contributed by atoms with E-state index in [1.807, 2.05) is 6.92 Å². The molecule has 1 heterocycles. The molecule has 0 saturated heterocycles. The van der Waals surface area contributed by atoms with E-state index in [2.05, 4.69) is 15.6 Å². The van der Waals surface area contributed by atoms with Gasteiger partial charge in [0.15, 0.2) is 11.6 Å². The largest absolute Gasteiger partial charge is 0.454 e. The average molecular weight is 456 g/mol. The predicted octanol–water partition coefficient (Wildman–Crippen LogP) is 5.02. The van der Waals surface area contributed by atoms with E-state index in [1.54, 1.807) is 25.2 Å². The third-order valence-electron chi connectivity index (χ3n) is 4.59. The molecule has 1 aromatic heterocycles. The second-order valence-electron chi connectivity index (χ2n) is 7.45. The number of pyridine rings is 1. The number of carbonyl (C=O) groups is 2. The van der Waals surface area contributed by atoms with Crippen LogP contribution in [0.2, 0.25) is 0 Å². The van der Waals surface area contributed by atoms with Crippen LogP contribution in [0.15, 0.2) is 60.8 Å². The van der Waals surface area contributed by atoms with Gasteiger partial charge in [-0.3, -0.25) is 4.79 Å². The smallest absolute Gasteiger partial charge is 0.211 e. The fourth-order valence-electron chi connectivity index (χ4n) is 2.29. The lowest BCUT2D eigenvalue weighted by atomic mass is 10.2. The molecule has 1 fully saturated rings. The molecule has 2 aromatic carbocycles. The van der Waals surface area contributed by atoms with E-state index in [9.17, 15) is 18.4 Å². The number of carbonyl (C=O) groups excluding carboxylic acids is 2. The molecule has 0 spiro atoms. The molecule has 33 heavy (non-hydrogen) atoms. The number of hydrogen-bond acceptors (Lipinski definition) is 6. The molecule has 4 rings (SSSR count). The van der Waals surface area contributed by atoms with Crippen LogP contribution in [-0.4, -0.2) is 24.7 Å². The van der Waals surface area contributed by atoms with Crippen molar-refractivity contribution in [3.63, 3.8) is 0 Å². The summed E-state index contributed by atoms with van der Waals surface area (Å²) in [6.07, 6.45) is 5.32. The molecule has 1 saturated carbocycles. The summed E-state index contributed by atoms with van der Waals surface area (Å²) in [6, 6.07) is 13.3. The number of nitrogens with one attached hydrogen (secondary N) is 2. The van der Waals surface area contributed by atoms with Crippen LogP contribution in [0, 0.1) is 17.0 Å². The van der Waals surface area contributed by atoms with Gasteiger partial charge in [-0.05, 0) is 55.3 Å². The van der Waals surface area contributed by atoms with Crippen molar-refractivity contribution in [1.82, 2.24) is 4.98 Å². The van der Waals surface area contributed by atoms with Crippen molar-refractivity contribution >= 4 is 29.9 Å². The van der Waals surface area contributed by atoms with Crippen LogP contribution >= 0.6 is 0 Å². The summed E-state index contributed by atoms with van der Waals surface area (Å²) >= 11 is 0. The number of anilines is 3. The number of aldehydes is 1. The summed E-state index contributed by atoms with van der Waals surface area (Å²) in [7, 11) is 1.72. The first kappa shape index (κ1) is 25.3. The van der Waals surface area contributed by atoms with Gasteiger partial charge in [-0.15, -0.1) is 0 Å². The highest BCUT2D eigenvalue weighted by Crippen LogP contribution is 2.42. The quantitative estimate of drug-likeness (QED) is 0.450. The molecule has 1 amide bonds. The van der Waals surface area contributed by atoms with Crippen molar-refractivity contribution in [2.75, 3.05) is 23.4 Å². The maximum atomic E-state index is 13.6. The maximum absolute atomic E-state index is 13.6. The topological polar surface area (TPSA) is 106 Å². The number of benzene rings is 2. The van der Waals surface area contributed by atoms with Gasteiger partial charge in [-0.2, -0.15) is 0 Å². The van der Waals surface area contributed by atoms with E-state index in [4.69, 9.17) is 10.5 Å². The fourth-order valence-corrected chi connectivity index (χ4v) is 2.29. The standard InChI is InChI=1S/C12H12FN3O.C7H6FNO.C5H8O/c1-15-8-2-3-11(10(13)6-8)17-9-4-5-16-12(14)7-9;8-6-1-3-7(4-2-6)9-5-10;1-5(4-6)2-3-5/h2-7,15H,1H3,(H2,14,16);1-5H,(H,9,10);4H,2-3H2,1H3. The number of ether oxygens (including phenoxy) is 1. The molecule has 174 valence electrons. The minimum absolute atomic E-state index is 0.111. The van der Waals surface area contributed by atoms with Crippen molar-refractivity contribution in [2.45, 2.75) is 19.8 Å². The molecule has 4 N–H and O–H groups in total. The minimum Gasteiger partial charge on any atom is -0.454 e. The summed E-state index contributed by atoms with van der Waals surface area (Å²) in [4.78, 5) is 23.6. The SMILES string of the molecule is CC1(C=O)CC1.CNc1ccc(Oc2ccnc(N)c2)c(F)c1.O=CNc1ccc(F)cc1. The lowest BCUT2D eigenvalue weighted by Crippen LogP contribution is -1.94. The normalized spacial score (nSPS) is 12.6. The molecule has 3 aromatic rings. The van der Waals surface area contributed by atoms with Crippen LogP contribution in [0.3, 0.4) is 0 Å². The number of aromatic nitrogens is 1. The molecule has 1 aliphatic carbocycles. The summed E-state index contributed by atoms with van der Waals surface area (Å²) in [6.45, 7) is 1.99. The monoisotopic (exact) mass is 456 g/mol. The zero-order chi connectivity index (χ0) is 24.3. The number of nitrogens with two attached hydrogens (primary N) is 1. The lowest BCUT2D eigenvalue weighted by Gasteiger charge is -2.08. The molecule has 0 radical (unpaired) electrons. The first-order valence-electron chi connectivity index (χ1n) is 10.1. The molecule has 0 unspecified atom stereocenters. The Kier molecular flexibility index (Phi) is 9.29. The second-order valence-corrected chi connectivity index (χ2v) is 7.45. The summed E-state index contributed by atoms with van der Waals surface area (Å²) in [5.74, 6) is 0.182. The number of nitrogens with zero attached hydrogens (tertiary/aromatic N) is 1. The van der Waals surface area contributed by atoms with Crippen molar-refractivity contribution in [1.29, 1.82) is 0 Å². The first-order chi connectivity index (χ1) is 15.8. The first-order valence-corrected chi connectivity index (χ1v) is 10.1. The van der Waals surface area contributed by atoms with Crippen molar-refractivity contribution in [3.05, 3.63) is 72.4 Å². The third-order valence-corrected chi connectivity index (χ3v) is 4.59. The highest BCUT2D eigenvalue weighted by molar-refractivity contribution is 5.70. The van der Waals surface area contributed by atoms with Gasteiger partial charge < -0.3 is 25.9 Å². The fraction of sp³-hybridized carbons (Fsp3) is 0.208. The molecule has 0 atom stereocenters. The van der Waals surface area contributed by atoms with Gasteiger partial charge >= 0.3 is 0 Å². The number of rotatable bonds is 6. The van der Waals surface area contributed by atoms with Crippen LogP contribution in [0.1, 0.15) is 19.8 Å². The Balaban J connectivity index is 0.000000202. The van der Waals surface area contributed by atoms with Gasteiger partial charge in [-0.25, -0.2) is 13.8 Å². The Morgan fingerprint density at radius 1 is 1.03 bits per heavy atom. The average Bonchev–Trinajstić information content (AvgIpc) is 3.56. The number of halogens is 2. The van der Waals surface area contributed by atoms with Crippen molar-refractivity contribution in [3.8, 4) is 11.5 Å². The molecular weight excluding hydrogens is 430 g/mol. The molecule has 0 aliphatic heterocycles. The Morgan fingerprint density at radius 3 is 2.18 bits per heavy atom. The van der Waals surface area contributed by atoms with Gasteiger partial charge in [0, 0.05) is 42.2 Å². The van der Waals surface area contributed by atoms with Crippen LogP contribution in [-0.2, 0) is 9.59 Å². The summed E-state index contributed by atoms with van der Waals surface area (Å²) in [5.41, 5.74) is 6.89. The number of amides is 1. The summed E-state index contributed by atoms with van der Waals surface area (Å²) in [5, 5.41) is 5.23. The van der Waals surface area contributed by atoms with Crippen molar-refractivity contribution < 1.29 is 23.1 Å². The molecule has 9 heteroatoms. The van der Waals surface area contributed by atoms with Crippen LogP contribution in [0.5, 0.6) is 11.5 Å². The molecule has 1 aliphatic rings. The van der Waals surface area contributed by atoms with E-state index >= 15 is 0 Å². The third kappa shape index (κ3) is 8.94.